The molecule has 0 aliphatic heterocycles. The third-order valence-corrected chi connectivity index (χ3v) is 3.75. The minimum absolute atomic E-state index is 0.0673. The van der Waals surface area contributed by atoms with Gasteiger partial charge >= 0.3 is 0 Å². The molecule has 0 atom stereocenters. The first-order chi connectivity index (χ1) is 11.4. The van der Waals surface area contributed by atoms with Crippen molar-refractivity contribution < 1.29 is 0 Å². The van der Waals surface area contributed by atoms with E-state index >= 15 is 0 Å². The molecule has 0 saturated carbocycles. The summed E-state index contributed by atoms with van der Waals surface area (Å²) >= 11 is 0. The van der Waals surface area contributed by atoms with Gasteiger partial charge in [0, 0.05) is 24.4 Å². The van der Waals surface area contributed by atoms with Crippen molar-refractivity contribution in [2.45, 2.75) is 39.7 Å². The van der Waals surface area contributed by atoms with Crippen LogP contribution in [0.15, 0.2) is 48.8 Å². The second-order valence-electron chi connectivity index (χ2n) is 6.90. The highest BCUT2D eigenvalue weighted by molar-refractivity contribution is 5.44. The number of rotatable bonds is 4. The lowest BCUT2D eigenvalue weighted by atomic mass is 9.96. The molecule has 0 unspecified atom stereocenters. The van der Waals surface area contributed by atoms with Crippen molar-refractivity contribution in [3.05, 3.63) is 65.9 Å². The van der Waals surface area contributed by atoms with Crippen LogP contribution in [0.2, 0.25) is 0 Å². The Labute approximate surface area is 142 Å². The van der Waals surface area contributed by atoms with Crippen LogP contribution in [0, 0.1) is 6.92 Å². The van der Waals surface area contributed by atoms with E-state index in [1.54, 1.807) is 6.20 Å². The van der Waals surface area contributed by atoms with Crippen LogP contribution in [0.25, 0.3) is 5.69 Å². The van der Waals surface area contributed by atoms with Crippen molar-refractivity contribution in [1.82, 2.24) is 19.7 Å². The molecule has 0 radical (unpaired) electrons. The maximum absolute atomic E-state index is 4.62. The summed E-state index contributed by atoms with van der Waals surface area (Å²) in [5, 5.41) is 7.90. The molecule has 0 aliphatic carbocycles. The normalized spacial score (nSPS) is 11.5. The molecule has 0 saturated heterocycles. The van der Waals surface area contributed by atoms with Gasteiger partial charge in [-0.05, 0) is 30.7 Å². The van der Waals surface area contributed by atoms with E-state index < -0.39 is 0 Å². The van der Waals surface area contributed by atoms with Crippen LogP contribution in [0.4, 0.5) is 5.82 Å². The van der Waals surface area contributed by atoms with Crippen LogP contribution in [-0.2, 0) is 12.0 Å². The van der Waals surface area contributed by atoms with E-state index in [2.05, 4.69) is 53.3 Å². The molecule has 24 heavy (non-hydrogen) atoms. The van der Waals surface area contributed by atoms with E-state index in [9.17, 15) is 0 Å². The topological polar surface area (TPSA) is 55.6 Å². The van der Waals surface area contributed by atoms with Gasteiger partial charge in [0.1, 0.15) is 11.6 Å². The third-order valence-electron chi connectivity index (χ3n) is 3.75. The van der Waals surface area contributed by atoms with E-state index in [0.717, 1.165) is 28.6 Å². The van der Waals surface area contributed by atoms with E-state index in [1.165, 1.54) is 0 Å². The van der Waals surface area contributed by atoms with E-state index in [-0.39, 0.29) is 5.41 Å². The highest BCUT2D eigenvalue weighted by Crippen LogP contribution is 2.20. The summed E-state index contributed by atoms with van der Waals surface area (Å²) in [5.74, 6) is 1.67. The summed E-state index contributed by atoms with van der Waals surface area (Å²) in [7, 11) is 0. The van der Waals surface area contributed by atoms with Gasteiger partial charge in [0.2, 0.25) is 0 Å². The monoisotopic (exact) mass is 321 g/mol. The van der Waals surface area contributed by atoms with Crippen molar-refractivity contribution in [3.8, 4) is 5.69 Å². The summed E-state index contributed by atoms with van der Waals surface area (Å²) in [5.41, 5.74) is 3.17. The fourth-order valence-corrected chi connectivity index (χ4v) is 2.44. The van der Waals surface area contributed by atoms with E-state index in [1.807, 2.05) is 42.1 Å². The fourth-order valence-electron chi connectivity index (χ4n) is 2.44. The van der Waals surface area contributed by atoms with E-state index in [0.29, 0.717) is 6.54 Å². The molecule has 124 valence electrons. The zero-order chi connectivity index (χ0) is 17.2. The number of aromatic nitrogens is 4. The van der Waals surface area contributed by atoms with Crippen molar-refractivity contribution in [3.63, 3.8) is 0 Å². The molecule has 1 aromatic carbocycles. The number of para-hydroxylation sites is 1. The maximum atomic E-state index is 4.62. The zero-order valence-corrected chi connectivity index (χ0v) is 14.6. The van der Waals surface area contributed by atoms with Gasteiger partial charge in [0.05, 0.1) is 11.4 Å². The molecule has 0 amide bonds. The first kappa shape index (κ1) is 16.2. The lowest BCUT2D eigenvalue weighted by molar-refractivity contribution is 0.546. The van der Waals surface area contributed by atoms with Gasteiger partial charge in [0.15, 0.2) is 0 Å². The average molecular weight is 321 g/mol. The van der Waals surface area contributed by atoms with Crippen LogP contribution >= 0.6 is 0 Å². The first-order valence-electron chi connectivity index (χ1n) is 8.11. The van der Waals surface area contributed by atoms with Crippen LogP contribution in [0.1, 0.15) is 37.9 Å². The summed E-state index contributed by atoms with van der Waals surface area (Å²) in [4.78, 5) is 8.99. The lowest BCUT2D eigenvalue weighted by Crippen LogP contribution is -2.17. The van der Waals surface area contributed by atoms with Crippen molar-refractivity contribution in [1.29, 1.82) is 0 Å². The maximum Gasteiger partial charge on any atom is 0.135 e. The van der Waals surface area contributed by atoms with Crippen molar-refractivity contribution in [2.75, 3.05) is 5.32 Å². The van der Waals surface area contributed by atoms with Gasteiger partial charge in [-0.2, -0.15) is 5.10 Å². The predicted octanol–water partition coefficient (Wildman–Crippen LogP) is 3.88. The Morgan fingerprint density at radius 3 is 2.58 bits per heavy atom. The van der Waals surface area contributed by atoms with Crippen molar-refractivity contribution >= 4 is 5.82 Å². The molecule has 5 nitrogen and oxygen atoms in total. The highest BCUT2D eigenvalue weighted by atomic mass is 15.3. The minimum Gasteiger partial charge on any atom is -0.366 e. The Morgan fingerprint density at radius 1 is 1.08 bits per heavy atom. The molecule has 0 bridgehead atoms. The van der Waals surface area contributed by atoms with Gasteiger partial charge in [-0.1, -0.05) is 39.0 Å². The van der Waals surface area contributed by atoms with Gasteiger partial charge < -0.3 is 5.32 Å². The summed E-state index contributed by atoms with van der Waals surface area (Å²) in [6.07, 6.45) is 3.79. The Kier molecular flexibility index (Phi) is 4.34. The van der Waals surface area contributed by atoms with Crippen LogP contribution in [0.5, 0.6) is 0 Å². The second kappa shape index (κ2) is 6.43. The highest BCUT2D eigenvalue weighted by Gasteiger charge is 2.17. The van der Waals surface area contributed by atoms with Gasteiger partial charge in [-0.25, -0.2) is 14.6 Å². The zero-order valence-electron chi connectivity index (χ0n) is 14.6. The number of hydrogen-bond acceptors (Lipinski definition) is 4. The number of benzene rings is 1. The predicted molar refractivity (Wildman–Crippen MR) is 96.4 cm³/mol. The molecule has 0 spiro atoms. The number of anilines is 1. The van der Waals surface area contributed by atoms with Crippen LogP contribution in [-0.4, -0.2) is 19.7 Å². The average Bonchev–Trinajstić information content (AvgIpc) is 2.99. The fraction of sp³-hybridized carbons (Fsp3) is 0.316. The number of nitrogens with zero attached hydrogens (tertiary/aromatic N) is 4. The number of aryl methyl sites for hydroxylation is 1. The third kappa shape index (κ3) is 3.62. The smallest absolute Gasteiger partial charge is 0.135 e. The Morgan fingerprint density at radius 2 is 1.88 bits per heavy atom. The van der Waals surface area contributed by atoms with Crippen LogP contribution in [0.3, 0.4) is 0 Å². The van der Waals surface area contributed by atoms with Gasteiger partial charge in [0.25, 0.3) is 0 Å². The van der Waals surface area contributed by atoms with Crippen molar-refractivity contribution in [2.24, 2.45) is 0 Å². The minimum atomic E-state index is -0.0673. The largest absolute Gasteiger partial charge is 0.366 e. The molecule has 1 N–H and O–H groups in total. The molecule has 2 heterocycles. The lowest BCUT2D eigenvalue weighted by Gasteiger charge is -2.17. The summed E-state index contributed by atoms with van der Waals surface area (Å²) in [6, 6.07) is 12.1. The SMILES string of the molecule is Cc1ccn(-c2ccccc2CNc2ccnc(C(C)(C)C)n2)n1. The summed E-state index contributed by atoms with van der Waals surface area (Å²) < 4.78 is 1.91. The first-order valence-corrected chi connectivity index (χ1v) is 8.11. The van der Waals surface area contributed by atoms with Gasteiger partial charge in [-0.3, -0.25) is 0 Å². The Balaban J connectivity index is 1.81. The molecule has 0 fully saturated rings. The van der Waals surface area contributed by atoms with Gasteiger partial charge in [-0.15, -0.1) is 0 Å². The summed E-state index contributed by atoms with van der Waals surface area (Å²) in [6.45, 7) is 9.01. The molecule has 2 aromatic heterocycles. The van der Waals surface area contributed by atoms with Crippen LogP contribution < -0.4 is 5.32 Å². The molecular formula is C19H23N5. The molecule has 5 heteroatoms. The quantitative estimate of drug-likeness (QED) is 0.792. The second-order valence-corrected chi connectivity index (χ2v) is 6.90. The standard InChI is InChI=1S/C19H23N5/c1-14-10-12-24(23-14)16-8-6-5-7-15(16)13-21-17-9-11-20-18(22-17)19(2,3)4/h5-12H,13H2,1-4H3,(H,20,21,22). The Bertz CT molecular complexity index is 830. The molecule has 0 aliphatic rings. The Hall–Kier alpha value is -2.69. The van der Waals surface area contributed by atoms with E-state index in [4.69, 9.17) is 0 Å². The molecular weight excluding hydrogens is 298 g/mol. The number of hydrogen-bond donors (Lipinski definition) is 1. The molecule has 3 aromatic rings. The number of nitrogens with one attached hydrogen (secondary N) is 1. The molecule has 3 rings (SSSR count).